The van der Waals surface area contributed by atoms with E-state index in [1.54, 1.807) is 6.20 Å². The van der Waals surface area contributed by atoms with E-state index in [0.29, 0.717) is 29.5 Å². The number of anilines is 2. The second-order valence-electron chi connectivity index (χ2n) is 10.1. The number of nitrogens with one attached hydrogen (secondary N) is 2. The standard InChI is InChI=1S/C29H35N7O2/c1-6-19(21-9-12-36(5)28(21)30-2)27-22-15-32-29(37)26(22)23(16-31-27)33-25-8-7-20(18-10-13-38-14-11-18)24(34-25)17-35(3)4/h6-9,12,16,18H,2,10-11,13-15,17H2,1,3-5H3,(H,32,37)(H,33,34)/b19-6+. The van der Waals surface area contributed by atoms with Gasteiger partial charge in [0.2, 0.25) is 0 Å². The lowest BCUT2D eigenvalue weighted by atomic mass is 9.90. The summed E-state index contributed by atoms with van der Waals surface area (Å²) in [7, 11) is 6.03. The SMILES string of the molecule is C=Nc1c(/C(=C\C)c2ncc(Nc3ccc(C4CCOCC4)c(CN(C)C)n3)c3c2CNC3=O)ccn1C. The van der Waals surface area contributed by atoms with Gasteiger partial charge in [-0.15, -0.1) is 0 Å². The van der Waals surface area contributed by atoms with Crippen molar-refractivity contribution in [2.24, 2.45) is 12.0 Å². The summed E-state index contributed by atoms with van der Waals surface area (Å²) in [5.41, 5.74) is 7.03. The number of aromatic nitrogens is 3. The van der Waals surface area contributed by atoms with Gasteiger partial charge in [0.15, 0.2) is 0 Å². The van der Waals surface area contributed by atoms with Gasteiger partial charge >= 0.3 is 0 Å². The summed E-state index contributed by atoms with van der Waals surface area (Å²) < 4.78 is 7.50. The monoisotopic (exact) mass is 513 g/mol. The number of aliphatic imine (C=N–C) groups is 1. The largest absolute Gasteiger partial charge is 0.381 e. The first-order chi connectivity index (χ1) is 18.4. The minimum atomic E-state index is -0.121. The van der Waals surface area contributed by atoms with Gasteiger partial charge in [-0.3, -0.25) is 9.78 Å². The Bertz CT molecular complexity index is 1400. The van der Waals surface area contributed by atoms with E-state index in [1.807, 2.05) is 57.0 Å². The van der Waals surface area contributed by atoms with E-state index in [-0.39, 0.29) is 5.91 Å². The third-order valence-corrected chi connectivity index (χ3v) is 7.26. The van der Waals surface area contributed by atoms with Gasteiger partial charge in [-0.2, -0.15) is 0 Å². The highest BCUT2D eigenvalue weighted by Crippen LogP contribution is 2.37. The molecule has 0 spiro atoms. The van der Waals surface area contributed by atoms with Crippen LogP contribution in [0.3, 0.4) is 0 Å². The van der Waals surface area contributed by atoms with Crippen molar-refractivity contribution in [2.45, 2.75) is 38.8 Å². The number of fused-ring (bicyclic) bond motifs is 1. The summed E-state index contributed by atoms with van der Waals surface area (Å²) in [4.78, 5) is 29.2. The number of carbonyl (C=O) groups excluding carboxylic acids is 1. The van der Waals surface area contributed by atoms with E-state index in [4.69, 9.17) is 14.7 Å². The van der Waals surface area contributed by atoms with Crippen LogP contribution in [0.5, 0.6) is 0 Å². The Morgan fingerprint density at radius 3 is 2.82 bits per heavy atom. The number of rotatable bonds is 8. The minimum Gasteiger partial charge on any atom is -0.381 e. The molecular weight excluding hydrogens is 478 g/mol. The second kappa shape index (κ2) is 10.9. The van der Waals surface area contributed by atoms with E-state index in [0.717, 1.165) is 66.5 Å². The Morgan fingerprint density at radius 2 is 2.11 bits per heavy atom. The molecule has 5 heterocycles. The summed E-state index contributed by atoms with van der Waals surface area (Å²) in [6, 6.07) is 6.17. The quantitative estimate of drug-likeness (QED) is 0.429. The summed E-state index contributed by atoms with van der Waals surface area (Å²) in [6.07, 6.45) is 7.69. The Balaban J connectivity index is 1.51. The number of nitrogens with zero attached hydrogens (tertiary/aromatic N) is 5. The molecule has 0 aromatic carbocycles. The number of aryl methyl sites for hydroxylation is 1. The van der Waals surface area contributed by atoms with Crippen LogP contribution in [0.1, 0.15) is 64.1 Å². The number of allylic oxidation sites excluding steroid dienone is 1. The molecule has 38 heavy (non-hydrogen) atoms. The van der Waals surface area contributed by atoms with Gasteiger partial charge < -0.3 is 24.8 Å². The smallest absolute Gasteiger partial charge is 0.254 e. The van der Waals surface area contributed by atoms with Crippen LogP contribution in [0, 0.1) is 0 Å². The Labute approximate surface area is 223 Å². The van der Waals surface area contributed by atoms with Crippen molar-refractivity contribution in [3.63, 3.8) is 0 Å². The lowest BCUT2D eigenvalue weighted by Crippen LogP contribution is -2.20. The first kappa shape index (κ1) is 25.8. The zero-order valence-corrected chi connectivity index (χ0v) is 22.5. The zero-order chi connectivity index (χ0) is 26.8. The molecule has 3 aromatic rings. The van der Waals surface area contributed by atoms with E-state index < -0.39 is 0 Å². The van der Waals surface area contributed by atoms with Crippen LogP contribution >= 0.6 is 0 Å². The normalized spacial score (nSPS) is 16.0. The van der Waals surface area contributed by atoms with Crippen LogP contribution in [0.2, 0.25) is 0 Å². The van der Waals surface area contributed by atoms with Gasteiger partial charge in [0.05, 0.1) is 28.8 Å². The average Bonchev–Trinajstić information content (AvgIpc) is 3.48. The maximum absolute atomic E-state index is 13.0. The molecule has 9 nitrogen and oxygen atoms in total. The van der Waals surface area contributed by atoms with Crippen LogP contribution in [-0.2, 0) is 24.9 Å². The highest BCUT2D eigenvalue weighted by molar-refractivity contribution is 6.05. The van der Waals surface area contributed by atoms with Crippen molar-refractivity contribution in [1.29, 1.82) is 0 Å². The Kier molecular flexibility index (Phi) is 7.40. The average molecular weight is 514 g/mol. The van der Waals surface area contributed by atoms with Gasteiger partial charge in [-0.1, -0.05) is 12.1 Å². The molecule has 198 valence electrons. The van der Waals surface area contributed by atoms with Crippen LogP contribution in [0.15, 0.2) is 41.7 Å². The molecule has 0 aliphatic carbocycles. The molecule has 0 saturated carbocycles. The molecule has 1 saturated heterocycles. The lowest BCUT2D eigenvalue weighted by molar-refractivity contribution is 0.0849. The fourth-order valence-electron chi connectivity index (χ4n) is 5.44. The van der Waals surface area contributed by atoms with Gasteiger partial charge in [0.25, 0.3) is 5.91 Å². The van der Waals surface area contributed by atoms with Crippen molar-refractivity contribution in [3.8, 4) is 0 Å². The molecule has 2 aliphatic heterocycles. The molecule has 0 unspecified atom stereocenters. The number of amides is 1. The third-order valence-electron chi connectivity index (χ3n) is 7.26. The van der Waals surface area contributed by atoms with Crippen molar-refractivity contribution in [2.75, 3.05) is 32.6 Å². The fourth-order valence-corrected chi connectivity index (χ4v) is 5.44. The molecule has 3 aromatic heterocycles. The highest BCUT2D eigenvalue weighted by atomic mass is 16.5. The van der Waals surface area contributed by atoms with Gasteiger partial charge in [0.1, 0.15) is 11.6 Å². The summed E-state index contributed by atoms with van der Waals surface area (Å²) in [5.74, 6) is 1.78. The maximum atomic E-state index is 13.0. The second-order valence-corrected chi connectivity index (χ2v) is 10.1. The highest BCUT2D eigenvalue weighted by Gasteiger charge is 2.29. The predicted molar refractivity (Wildman–Crippen MR) is 150 cm³/mol. The Morgan fingerprint density at radius 1 is 1.32 bits per heavy atom. The first-order valence-electron chi connectivity index (χ1n) is 13.0. The predicted octanol–water partition coefficient (Wildman–Crippen LogP) is 4.54. The van der Waals surface area contributed by atoms with Crippen molar-refractivity contribution in [3.05, 3.63) is 70.3 Å². The van der Waals surface area contributed by atoms with Gasteiger partial charge in [0, 0.05) is 56.2 Å². The summed E-state index contributed by atoms with van der Waals surface area (Å²) >= 11 is 0. The molecule has 0 atom stereocenters. The van der Waals surface area contributed by atoms with Gasteiger partial charge in [-0.25, -0.2) is 9.98 Å². The summed E-state index contributed by atoms with van der Waals surface area (Å²) in [6.45, 7) is 8.41. The molecule has 2 aliphatic rings. The van der Waals surface area contributed by atoms with E-state index in [1.165, 1.54) is 5.56 Å². The van der Waals surface area contributed by atoms with Crippen molar-refractivity contribution in [1.82, 2.24) is 24.8 Å². The van der Waals surface area contributed by atoms with Crippen LogP contribution in [-0.4, -0.2) is 59.4 Å². The van der Waals surface area contributed by atoms with Crippen molar-refractivity contribution < 1.29 is 9.53 Å². The number of hydrogen-bond acceptors (Lipinski definition) is 7. The number of pyridine rings is 2. The molecule has 2 N–H and O–H groups in total. The summed E-state index contributed by atoms with van der Waals surface area (Å²) in [5, 5.41) is 6.38. The minimum absolute atomic E-state index is 0.121. The van der Waals surface area contributed by atoms with Crippen LogP contribution < -0.4 is 10.6 Å². The molecular formula is C29H35N7O2. The number of carbonyl (C=O) groups is 1. The van der Waals surface area contributed by atoms with Crippen LogP contribution in [0.25, 0.3) is 5.57 Å². The molecule has 5 rings (SSSR count). The van der Waals surface area contributed by atoms with Gasteiger partial charge in [-0.05, 0) is 64.2 Å². The molecule has 0 radical (unpaired) electrons. The number of hydrogen-bond donors (Lipinski definition) is 2. The van der Waals surface area contributed by atoms with Crippen molar-refractivity contribution >= 4 is 35.5 Å². The Hall–Kier alpha value is -3.82. The molecule has 1 fully saturated rings. The van der Waals surface area contributed by atoms with E-state index in [2.05, 4.69) is 33.3 Å². The zero-order valence-electron chi connectivity index (χ0n) is 22.5. The maximum Gasteiger partial charge on any atom is 0.254 e. The fraction of sp³-hybridized carbons (Fsp3) is 0.379. The molecule has 9 heteroatoms. The lowest BCUT2D eigenvalue weighted by Gasteiger charge is -2.25. The first-order valence-corrected chi connectivity index (χ1v) is 13.0. The van der Waals surface area contributed by atoms with E-state index >= 15 is 0 Å². The van der Waals surface area contributed by atoms with E-state index in [9.17, 15) is 4.79 Å². The molecule has 0 bridgehead atoms. The number of ether oxygens (including phenoxy) is 1. The topological polar surface area (TPSA) is 96.7 Å². The molecule has 1 amide bonds. The van der Waals surface area contributed by atoms with Crippen LogP contribution in [0.4, 0.5) is 17.3 Å². The third kappa shape index (κ3) is 4.87.